The number of carbonyl (C=O) groups is 3. The fourth-order valence-electron chi connectivity index (χ4n) is 2.74. The Kier molecular flexibility index (Phi) is 11.5. The molecule has 1 atom stereocenters. The van der Waals surface area contributed by atoms with Gasteiger partial charge in [0.15, 0.2) is 0 Å². The second-order valence-electron chi connectivity index (χ2n) is 6.76. The molecule has 1 rings (SSSR count). The van der Waals surface area contributed by atoms with Crippen LogP contribution >= 0.6 is 0 Å². The Labute approximate surface area is 182 Å². The van der Waals surface area contributed by atoms with E-state index in [4.69, 9.17) is 9.66 Å². The predicted octanol–water partition coefficient (Wildman–Crippen LogP) is 0.271. The van der Waals surface area contributed by atoms with Crippen molar-refractivity contribution in [3.05, 3.63) is 48.1 Å². The van der Waals surface area contributed by atoms with Crippen LogP contribution in [0.1, 0.15) is 19.3 Å². The SMILES string of the molecule is CNC(CNC(=O)C1=C/C=C\C=C/C=C1)C(=O)N(CCCC(=O)O)CCCS(=O)(=O)O. The van der Waals surface area contributed by atoms with Crippen LogP contribution in [0.4, 0.5) is 0 Å². The Morgan fingerprint density at radius 1 is 1.06 bits per heavy atom. The zero-order valence-electron chi connectivity index (χ0n) is 17.4. The fourth-order valence-corrected chi connectivity index (χ4v) is 3.23. The van der Waals surface area contributed by atoms with Gasteiger partial charge in [0, 0.05) is 31.6 Å². The van der Waals surface area contributed by atoms with Gasteiger partial charge in [-0.05, 0) is 32.0 Å². The molecular formula is C20H29N3O7S. The highest BCUT2D eigenvalue weighted by Gasteiger charge is 2.24. The summed E-state index contributed by atoms with van der Waals surface area (Å²) in [5, 5.41) is 14.3. The molecular weight excluding hydrogens is 426 g/mol. The molecule has 1 aliphatic carbocycles. The van der Waals surface area contributed by atoms with Crippen molar-refractivity contribution in [3.8, 4) is 0 Å². The average Bonchev–Trinajstić information content (AvgIpc) is 2.65. The summed E-state index contributed by atoms with van der Waals surface area (Å²) in [6.07, 6.45) is 12.1. The highest BCUT2D eigenvalue weighted by Crippen LogP contribution is 2.05. The van der Waals surface area contributed by atoms with Gasteiger partial charge in [-0.25, -0.2) is 0 Å². The van der Waals surface area contributed by atoms with Crippen molar-refractivity contribution in [1.82, 2.24) is 15.5 Å². The van der Waals surface area contributed by atoms with Crippen LogP contribution in [0.15, 0.2) is 48.1 Å². The minimum atomic E-state index is -4.17. The second-order valence-corrected chi connectivity index (χ2v) is 8.34. The lowest BCUT2D eigenvalue weighted by molar-refractivity contribution is -0.138. The molecule has 0 spiro atoms. The summed E-state index contributed by atoms with van der Waals surface area (Å²) in [6, 6.07) is -0.798. The van der Waals surface area contributed by atoms with Gasteiger partial charge in [-0.2, -0.15) is 8.42 Å². The molecule has 0 aromatic heterocycles. The molecule has 0 heterocycles. The van der Waals surface area contributed by atoms with Crippen LogP contribution in [-0.2, 0) is 24.5 Å². The van der Waals surface area contributed by atoms with Crippen molar-refractivity contribution in [2.45, 2.75) is 25.3 Å². The molecule has 0 bridgehead atoms. The van der Waals surface area contributed by atoms with Crippen LogP contribution in [0.25, 0.3) is 0 Å². The van der Waals surface area contributed by atoms with E-state index in [1.807, 2.05) is 6.08 Å². The van der Waals surface area contributed by atoms with Gasteiger partial charge in [-0.3, -0.25) is 18.9 Å². The molecule has 0 fully saturated rings. The van der Waals surface area contributed by atoms with Crippen molar-refractivity contribution in [2.24, 2.45) is 0 Å². The molecule has 1 aliphatic rings. The highest BCUT2D eigenvalue weighted by molar-refractivity contribution is 7.85. The first kappa shape index (κ1) is 26.3. The van der Waals surface area contributed by atoms with E-state index >= 15 is 0 Å². The number of amides is 2. The number of rotatable bonds is 13. The number of allylic oxidation sites excluding steroid dienone is 6. The number of hydrogen-bond acceptors (Lipinski definition) is 6. The lowest BCUT2D eigenvalue weighted by Gasteiger charge is -2.27. The summed E-state index contributed by atoms with van der Waals surface area (Å²) in [6.45, 7) is 0.107. The quantitative estimate of drug-likeness (QED) is 0.289. The van der Waals surface area contributed by atoms with E-state index in [1.54, 1.807) is 43.5 Å². The first-order valence-corrected chi connectivity index (χ1v) is 11.4. The summed E-state index contributed by atoms with van der Waals surface area (Å²) in [4.78, 5) is 37.4. The van der Waals surface area contributed by atoms with Gasteiger partial charge in [0.25, 0.3) is 16.0 Å². The van der Waals surface area contributed by atoms with Gasteiger partial charge < -0.3 is 20.6 Å². The lowest BCUT2D eigenvalue weighted by atomic mass is 10.1. The van der Waals surface area contributed by atoms with Crippen molar-refractivity contribution in [2.75, 3.05) is 32.4 Å². The molecule has 0 aromatic rings. The first-order valence-electron chi connectivity index (χ1n) is 9.77. The van der Waals surface area contributed by atoms with E-state index in [9.17, 15) is 22.8 Å². The predicted molar refractivity (Wildman–Crippen MR) is 116 cm³/mol. The average molecular weight is 456 g/mol. The number of carbonyl (C=O) groups excluding carboxylic acids is 2. The summed E-state index contributed by atoms with van der Waals surface area (Å²) < 4.78 is 30.8. The van der Waals surface area contributed by atoms with E-state index in [-0.39, 0.29) is 44.8 Å². The van der Waals surface area contributed by atoms with Gasteiger partial charge in [-0.1, -0.05) is 30.4 Å². The molecule has 0 aromatic carbocycles. The van der Waals surface area contributed by atoms with E-state index in [0.29, 0.717) is 5.57 Å². The zero-order valence-corrected chi connectivity index (χ0v) is 18.2. The molecule has 0 saturated heterocycles. The van der Waals surface area contributed by atoms with E-state index in [2.05, 4.69) is 10.6 Å². The summed E-state index contributed by atoms with van der Waals surface area (Å²) in [7, 11) is -2.63. The Balaban J connectivity index is 2.75. The van der Waals surface area contributed by atoms with Gasteiger partial charge in [0.2, 0.25) is 5.91 Å². The number of carboxylic acid groups (broad SMARTS) is 1. The normalized spacial score (nSPS) is 16.4. The van der Waals surface area contributed by atoms with Crippen LogP contribution in [-0.4, -0.2) is 79.2 Å². The Morgan fingerprint density at radius 3 is 2.35 bits per heavy atom. The first-order chi connectivity index (χ1) is 14.6. The molecule has 11 heteroatoms. The maximum absolute atomic E-state index is 12.9. The highest BCUT2D eigenvalue weighted by atomic mass is 32.2. The standard InChI is InChI=1S/C20H29N3O7S/c1-21-17(15-22-19(26)16-9-5-3-2-4-6-10-16)20(27)23(12-7-11-18(24)25)13-8-14-31(28,29)30/h2-6,9-10,17,21H,7-8,11-15H2,1H3,(H,22,26)(H,24,25)(H,28,29,30)/b3-2-,4-2?,5-3?,6-4-,9-5?,10-6?,16-9?,16-10?. The van der Waals surface area contributed by atoms with Crippen molar-refractivity contribution < 1.29 is 32.5 Å². The van der Waals surface area contributed by atoms with Gasteiger partial charge in [-0.15, -0.1) is 0 Å². The van der Waals surface area contributed by atoms with Crippen molar-refractivity contribution >= 4 is 27.9 Å². The number of nitrogens with zero attached hydrogens (tertiary/aromatic N) is 1. The van der Waals surface area contributed by atoms with Crippen LogP contribution in [0.2, 0.25) is 0 Å². The number of nitrogens with one attached hydrogen (secondary N) is 2. The third-order valence-corrected chi connectivity index (χ3v) is 5.14. The van der Waals surface area contributed by atoms with Crippen molar-refractivity contribution in [3.63, 3.8) is 0 Å². The maximum Gasteiger partial charge on any atom is 0.303 e. The van der Waals surface area contributed by atoms with Gasteiger partial charge in [0.05, 0.1) is 5.75 Å². The second kappa shape index (κ2) is 13.5. The largest absolute Gasteiger partial charge is 0.481 e. The van der Waals surface area contributed by atoms with Crippen LogP contribution in [0, 0.1) is 0 Å². The molecule has 10 nitrogen and oxygen atoms in total. The maximum atomic E-state index is 12.9. The minimum Gasteiger partial charge on any atom is -0.481 e. The zero-order chi connectivity index (χ0) is 23.3. The molecule has 2 amide bonds. The number of likely N-dealkylation sites (N-methyl/N-ethyl adjacent to an activating group) is 1. The summed E-state index contributed by atoms with van der Waals surface area (Å²) >= 11 is 0. The minimum absolute atomic E-state index is 0.00201. The topological polar surface area (TPSA) is 153 Å². The third-order valence-electron chi connectivity index (χ3n) is 4.33. The number of carboxylic acids is 1. The summed E-state index contributed by atoms with van der Waals surface area (Å²) in [5.74, 6) is -2.30. The van der Waals surface area contributed by atoms with Gasteiger partial charge in [0.1, 0.15) is 6.04 Å². The number of hydrogen-bond donors (Lipinski definition) is 4. The van der Waals surface area contributed by atoms with Gasteiger partial charge >= 0.3 is 5.97 Å². The molecule has 31 heavy (non-hydrogen) atoms. The monoisotopic (exact) mass is 455 g/mol. The Bertz CT molecular complexity index is 860. The molecule has 4 N–H and O–H groups in total. The molecule has 0 radical (unpaired) electrons. The number of aliphatic carboxylic acids is 1. The van der Waals surface area contributed by atoms with Crippen LogP contribution in [0.5, 0.6) is 0 Å². The Morgan fingerprint density at radius 2 is 1.71 bits per heavy atom. The molecule has 0 saturated carbocycles. The Hall–Kier alpha value is -2.76. The third kappa shape index (κ3) is 11.3. The molecule has 172 valence electrons. The van der Waals surface area contributed by atoms with E-state index in [0.717, 1.165) is 0 Å². The van der Waals surface area contributed by atoms with Crippen LogP contribution in [0.3, 0.4) is 0 Å². The fraction of sp³-hybridized carbons (Fsp3) is 0.450. The van der Waals surface area contributed by atoms with E-state index < -0.39 is 33.8 Å². The van der Waals surface area contributed by atoms with Crippen LogP contribution < -0.4 is 10.6 Å². The van der Waals surface area contributed by atoms with Crippen molar-refractivity contribution in [1.29, 1.82) is 0 Å². The molecule has 0 aliphatic heterocycles. The summed E-state index contributed by atoms with van der Waals surface area (Å²) in [5.41, 5.74) is 0.411. The lowest BCUT2D eigenvalue weighted by Crippen LogP contribution is -2.51. The smallest absolute Gasteiger partial charge is 0.303 e. The molecule has 1 unspecified atom stereocenters. The van der Waals surface area contributed by atoms with E-state index in [1.165, 1.54) is 4.90 Å².